The lowest BCUT2D eigenvalue weighted by Crippen LogP contribution is -2.34. The Morgan fingerprint density at radius 2 is 1.82 bits per heavy atom. The topological polar surface area (TPSA) is 67.9 Å². The number of carbonyl (C=O) groups is 2. The summed E-state index contributed by atoms with van der Waals surface area (Å²) in [5, 5.41) is 2.94. The number of anilines is 2. The van der Waals surface area contributed by atoms with E-state index >= 15 is 0 Å². The Bertz CT molecular complexity index is 978. The second-order valence-electron chi connectivity index (χ2n) is 7.70. The Hall–Kier alpha value is -3.02. The lowest BCUT2D eigenvalue weighted by molar-refractivity contribution is -0.116. The molecule has 1 N–H and O–H groups in total. The molecule has 0 radical (unpaired) electrons. The summed E-state index contributed by atoms with van der Waals surface area (Å²) in [6, 6.07) is 11.0. The van der Waals surface area contributed by atoms with E-state index in [1.54, 1.807) is 17.9 Å². The summed E-state index contributed by atoms with van der Waals surface area (Å²) in [6.45, 7) is 2.23. The van der Waals surface area contributed by atoms with Gasteiger partial charge in [0.2, 0.25) is 5.91 Å². The van der Waals surface area contributed by atoms with Gasteiger partial charge < -0.3 is 19.7 Å². The van der Waals surface area contributed by atoms with Crippen LogP contribution in [-0.4, -0.2) is 24.1 Å². The molecule has 3 aliphatic rings. The van der Waals surface area contributed by atoms with E-state index in [0.717, 1.165) is 49.1 Å². The van der Waals surface area contributed by atoms with Gasteiger partial charge in [0.05, 0.1) is 0 Å². The third kappa shape index (κ3) is 2.80. The van der Waals surface area contributed by atoms with E-state index in [2.05, 4.69) is 5.32 Å². The minimum Gasteiger partial charge on any atom is -0.448 e. The second kappa shape index (κ2) is 6.26. The first-order valence-corrected chi connectivity index (χ1v) is 9.77. The first kappa shape index (κ1) is 17.1. The predicted molar refractivity (Wildman–Crippen MR) is 105 cm³/mol. The van der Waals surface area contributed by atoms with Crippen LogP contribution in [0.15, 0.2) is 36.4 Å². The van der Waals surface area contributed by atoms with Crippen LogP contribution in [0.5, 0.6) is 11.5 Å². The molecule has 144 valence electrons. The summed E-state index contributed by atoms with van der Waals surface area (Å²) in [5.41, 5.74) is 3.17. The zero-order valence-electron chi connectivity index (χ0n) is 15.8. The van der Waals surface area contributed by atoms with Gasteiger partial charge in [-0.15, -0.1) is 0 Å². The molecule has 6 heteroatoms. The first-order chi connectivity index (χ1) is 13.5. The van der Waals surface area contributed by atoms with E-state index in [4.69, 9.17) is 9.47 Å². The van der Waals surface area contributed by atoms with E-state index < -0.39 is 5.79 Å². The Kier molecular flexibility index (Phi) is 3.82. The SMILES string of the molecule is CC(=O)N1CCc2cc(C(=O)Nc3ccc4c(c3)OC3(CCCC3)O4)ccc21. The molecule has 0 aromatic heterocycles. The fourth-order valence-electron chi connectivity index (χ4n) is 4.36. The maximum Gasteiger partial charge on any atom is 0.255 e. The van der Waals surface area contributed by atoms with Gasteiger partial charge in [-0.1, -0.05) is 0 Å². The van der Waals surface area contributed by atoms with Crippen molar-refractivity contribution in [3.05, 3.63) is 47.5 Å². The summed E-state index contributed by atoms with van der Waals surface area (Å²) in [6.07, 6.45) is 4.78. The van der Waals surface area contributed by atoms with E-state index in [1.165, 1.54) is 0 Å². The molecule has 0 unspecified atom stereocenters. The zero-order valence-corrected chi connectivity index (χ0v) is 15.8. The monoisotopic (exact) mass is 378 g/mol. The molecule has 6 nitrogen and oxygen atoms in total. The van der Waals surface area contributed by atoms with Gasteiger partial charge in [-0.05, 0) is 55.2 Å². The van der Waals surface area contributed by atoms with Crippen LogP contribution in [0.1, 0.15) is 48.5 Å². The van der Waals surface area contributed by atoms with Gasteiger partial charge in [-0.25, -0.2) is 0 Å². The molecule has 1 saturated carbocycles. The Morgan fingerprint density at radius 3 is 2.61 bits per heavy atom. The molecule has 5 rings (SSSR count). The molecule has 0 bridgehead atoms. The van der Waals surface area contributed by atoms with Crippen molar-refractivity contribution in [2.75, 3.05) is 16.8 Å². The minimum atomic E-state index is -0.506. The summed E-state index contributed by atoms with van der Waals surface area (Å²) in [7, 11) is 0. The van der Waals surface area contributed by atoms with Gasteiger partial charge in [0.15, 0.2) is 11.5 Å². The first-order valence-electron chi connectivity index (χ1n) is 9.77. The number of fused-ring (bicyclic) bond motifs is 2. The maximum absolute atomic E-state index is 12.7. The van der Waals surface area contributed by atoms with Crippen molar-refractivity contribution in [3.63, 3.8) is 0 Å². The number of nitrogens with zero attached hydrogens (tertiary/aromatic N) is 1. The lowest BCUT2D eigenvalue weighted by atomic mass is 10.1. The number of hydrogen-bond donors (Lipinski definition) is 1. The highest BCUT2D eigenvalue weighted by Crippen LogP contribution is 2.47. The number of amides is 2. The van der Waals surface area contributed by atoms with Crippen molar-refractivity contribution >= 4 is 23.2 Å². The van der Waals surface area contributed by atoms with E-state index in [0.29, 0.717) is 23.5 Å². The summed E-state index contributed by atoms with van der Waals surface area (Å²) >= 11 is 0. The van der Waals surface area contributed by atoms with Gasteiger partial charge in [-0.2, -0.15) is 0 Å². The molecule has 2 amide bonds. The van der Waals surface area contributed by atoms with Gasteiger partial charge in [-0.3, -0.25) is 9.59 Å². The van der Waals surface area contributed by atoms with Crippen LogP contribution in [0.2, 0.25) is 0 Å². The Morgan fingerprint density at radius 1 is 1.04 bits per heavy atom. The molecule has 0 atom stereocenters. The molecule has 2 aromatic carbocycles. The molecule has 1 aliphatic carbocycles. The van der Waals surface area contributed by atoms with Gasteiger partial charge in [0.1, 0.15) is 0 Å². The molecule has 28 heavy (non-hydrogen) atoms. The van der Waals surface area contributed by atoms with Crippen LogP contribution < -0.4 is 19.7 Å². The quantitative estimate of drug-likeness (QED) is 0.861. The van der Waals surface area contributed by atoms with Crippen LogP contribution in [0, 0.1) is 0 Å². The molecule has 2 aromatic rings. The van der Waals surface area contributed by atoms with Crippen LogP contribution in [0.25, 0.3) is 0 Å². The fraction of sp³-hybridized carbons (Fsp3) is 0.364. The third-order valence-electron chi connectivity index (χ3n) is 5.78. The molecule has 2 aliphatic heterocycles. The van der Waals surface area contributed by atoms with Crippen molar-refractivity contribution in [3.8, 4) is 11.5 Å². The van der Waals surface area contributed by atoms with E-state index in [9.17, 15) is 9.59 Å². The highest BCUT2D eigenvalue weighted by atomic mass is 16.7. The van der Waals surface area contributed by atoms with Crippen molar-refractivity contribution in [2.24, 2.45) is 0 Å². The summed E-state index contributed by atoms with van der Waals surface area (Å²) in [4.78, 5) is 26.1. The summed E-state index contributed by atoms with van der Waals surface area (Å²) in [5.74, 6) is 0.760. The maximum atomic E-state index is 12.7. The van der Waals surface area contributed by atoms with Crippen LogP contribution in [0.3, 0.4) is 0 Å². The Labute approximate surface area is 163 Å². The number of carbonyl (C=O) groups excluding carboxylic acids is 2. The van der Waals surface area contributed by atoms with Gasteiger partial charge >= 0.3 is 0 Å². The molecule has 1 fully saturated rings. The number of rotatable bonds is 2. The molecular weight excluding hydrogens is 356 g/mol. The van der Waals surface area contributed by atoms with Gasteiger partial charge in [0, 0.05) is 49.3 Å². The van der Waals surface area contributed by atoms with E-state index in [-0.39, 0.29) is 11.8 Å². The van der Waals surface area contributed by atoms with Crippen LogP contribution in [-0.2, 0) is 11.2 Å². The number of ether oxygens (including phenoxy) is 2. The normalized spacial score (nSPS) is 18.4. The van der Waals surface area contributed by atoms with Crippen molar-refractivity contribution < 1.29 is 19.1 Å². The lowest BCUT2D eigenvalue weighted by Gasteiger charge is -2.21. The standard InChI is InChI=1S/C22H22N2O4/c1-14(25)24-11-8-15-12-16(4-6-18(15)24)21(26)23-17-5-7-19-20(13-17)28-22(27-19)9-2-3-10-22/h4-7,12-13H,2-3,8-11H2,1H3,(H,23,26). The van der Waals surface area contributed by atoms with Crippen LogP contribution >= 0.6 is 0 Å². The van der Waals surface area contributed by atoms with E-state index in [1.807, 2.05) is 30.3 Å². The van der Waals surface area contributed by atoms with Crippen LogP contribution in [0.4, 0.5) is 11.4 Å². The van der Waals surface area contributed by atoms with Crippen molar-refractivity contribution in [1.82, 2.24) is 0 Å². The van der Waals surface area contributed by atoms with Gasteiger partial charge in [0.25, 0.3) is 11.7 Å². The fourth-order valence-corrected chi connectivity index (χ4v) is 4.36. The van der Waals surface area contributed by atoms with Crippen molar-refractivity contribution in [1.29, 1.82) is 0 Å². The third-order valence-corrected chi connectivity index (χ3v) is 5.78. The average Bonchev–Trinajstić information content (AvgIpc) is 3.39. The highest BCUT2D eigenvalue weighted by molar-refractivity contribution is 6.05. The Balaban J connectivity index is 1.33. The minimum absolute atomic E-state index is 0.0244. The molecule has 2 heterocycles. The zero-order chi connectivity index (χ0) is 19.3. The predicted octanol–water partition coefficient (Wildman–Crippen LogP) is 3.89. The number of benzene rings is 2. The average molecular weight is 378 g/mol. The largest absolute Gasteiger partial charge is 0.448 e. The summed E-state index contributed by atoms with van der Waals surface area (Å²) < 4.78 is 12.1. The second-order valence-corrected chi connectivity index (χ2v) is 7.70. The molecular formula is C22H22N2O4. The highest BCUT2D eigenvalue weighted by Gasteiger charge is 2.44. The number of hydrogen-bond acceptors (Lipinski definition) is 4. The smallest absolute Gasteiger partial charge is 0.255 e. The molecule has 1 spiro atoms. The molecule has 0 saturated heterocycles. The van der Waals surface area contributed by atoms with Crippen molar-refractivity contribution in [2.45, 2.75) is 44.8 Å². The number of nitrogens with one attached hydrogen (secondary N) is 1.